The van der Waals surface area contributed by atoms with Crippen LogP contribution in [0.4, 0.5) is 4.79 Å². The van der Waals surface area contributed by atoms with Crippen molar-refractivity contribution in [1.82, 2.24) is 4.90 Å². The Morgan fingerprint density at radius 3 is 1.56 bits per heavy atom. The van der Waals surface area contributed by atoms with Crippen molar-refractivity contribution in [3.63, 3.8) is 0 Å². The molecule has 0 aromatic rings. The SMILES string of the molecule is CC(C)(N)CCN(CCC(C)(C)N)C(=O)O. The van der Waals surface area contributed by atoms with Crippen LogP contribution in [0, 0.1) is 0 Å². The molecule has 0 radical (unpaired) electrons. The average Bonchev–Trinajstić information content (AvgIpc) is 1.98. The first-order valence-electron chi connectivity index (χ1n) is 5.57. The van der Waals surface area contributed by atoms with Gasteiger partial charge in [-0.3, -0.25) is 0 Å². The Balaban J connectivity index is 4.15. The quantitative estimate of drug-likeness (QED) is 0.641. The first-order valence-corrected chi connectivity index (χ1v) is 5.57. The minimum absolute atomic E-state index is 0.341. The van der Waals surface area contributed by atoms with E-state index < -0.39 is 6.09 Å². The van der Waals surface area contributed by atoms with Crippen LogP contribution in [0.3, 0.4) is 0 Å². The number of rotatable bonds is 6. The van der Waals surface area contributed by atoms with Crippen LogP contribution >= 0.6 is 0 Å². The van der Waals surface area contributed by atoms with Gasteiger partial charge >= 0.3 is 6.09 Å². The predicted octanol–water partition coefficient (Wildman–Crippen LogP) is 1.22. The number of amides is 1. The van der Waals surface area contributed by atoms with Crippen molar-refractivity contribution in [3.8, 4) is 0 Å². The molecule has 0 saturated carbocycles. The van der Waals surface area contributed by atoms with Crippen molar-refractivity contribution in [3.05, 3.63) is 0 Å². The van der Waals surface area contributed by atoms with Crippen LogP contribution in [0.1, 0.15) is 40.5 Å². The molecule has 1 amide bonds. The van der Waals surface area contributed by atoms with E-state index in [0.717, 1.165) is 0 Å². The lowest BCUT2D eigenvalue weighted by atomic mass is 10.0. The van der Waals surface area contributed by atoms with E-state index in [2.05, 4.69) is 0 Å². The molecule has 0 bridgehead atoms. The summed E-state index contributed by atoms with van der Waals surface area (Å²) < 4.78 is 0. The lowest BCUT2D eigenvalue weighted by Crippen LogP contribution is -2.42. The van der Waals surface area contributed by atoms with E-state index in [1.807, 2.05) is 27.7 Å². The maximum absolute atomic E-state index is 11.0. The van der Waals surface area contributed by atoms with Crippen molar-refractivity contribution in [2.45, 2.75) is 51.6 Å². The molecular weight excluding hydrogens is 206 g/mol. The van der Waals surface area contributed by atoms with Gasteiger partial charge in [-0.05, 0) is 40.5 Å². The summed E-state index contributed by atoms with van der Waals surface area (Å²) in [7, 11) is 0. The van der Waals surface area contributed by atoms with E-state index in [1.165, 1.54) is 4.90 Å². The van der Waals surface area contributed by atoms with Crippen LogP contribution in [0.15, 0.2) is 0 Å². The Hall–Kier alpha value is -0.810. The highest BCUT2D eigenvalue weighted by Gasteiger charge is 2.19. The van der Waals surface area contributed by atoms with Crippen LogP contribution < -0.4 is 11.5 Å². The molecule has 0 rings (SSSR count). The zero-order chi connectivity index (χ0) is 13.0. The Labute approximate surface area is 97.8 Å². The molecule has 0 aromatic heterocycles. The summed E-state index contributed by atoms with van der Waals surface area (Å²) in [6.45, 7) is 8.46. The Bertz CT molecular complexity index is 210. The first kappa shape index (κ1) is 15.2. The Morgan fingerprint density at radius 1 is 1.06 bits per heavy atom. The summed E-state index contributed by atoms with van der Waals surface area (Å²) in [5.74, 6) is 0. The van der Waals surface area contributed by atoms with Crippen LogP contribution in [0.25, 0.3) is 0 Å². The van der Waals surface area contributed by atoms with Crippen LogP contribution in [-0.2, 0) is 0 Å². The average molecular weight is 231 g/mol. The van der Waals surface area contributed by atoms with Crippen molar-refractivity contribution in [2.75, 3.05) is 13.1 Å². The number of hydrogen-bond acceptors (Lipinski definition) is 3. The highest BCUT2D eigenvalue weighted by molar-refractivity contribution is 5.64. The first-order chi connectivity index (χ1) is 7.01. The van der Waals surface area contributed by atoms with Gasteiger partial charge in [-0.1, -0.05) is 0 Å². The minimum Gasteiger partial charge on any atom is -0.465 e. The normalized spacial score (nSPS) is 12.6. The molecule has 0 atom stereocenters. The van der Waals surface area contributed by atoms with Crippen LogP contribution in [0.2, 0.25) is 0 Å². The van der Waals surface area contributed by atoms with Gasteiger partial charge in [-0.25, -0.2) is 4.79 Å². The number of nitrogens with two attached hydrogens (primary N) is 2. The molecule has 0 saturated heterocycles. The summed E-state index contributed by atoms with van der Waals surface area (Å²) in [6, 6.07) is 0. The third-order valence-electron chi connectivity index (χ3n) is 2.32. The zero-order valence-corrected chi connectivity index (χ0v) is 10.8. The van der Waals surface area contributed by atoms with Gasteiger partial charge < -0.3 is 21.5 Å². The third-order valence-corrected chi connectivity index (χ3v) is 2.32. The fourth-order valence-corrected chi connectivity index (χ4v) is 1.15. The summed E-state index contributed by atoms with van der Waals surface area (Å²) >= 11 is 0. The van der Waals surface area contributed by atoms with Gasteiger partial charge in [-0.2, -0.15) is 0 Å². The number of nitrogens with zero attached hydrogens (tertiary/aromatic N) is 1. The molecule has 0 fully saturated rings. The topological polar surface area (TPSA) is 92.6 Å². The highest BCUT2D eigenvalue weighted by atomic mass is 16.4. The smallest absolute Gasteiger partial charge is 0.407 e. The molecule has 0 aromatic carbocycles. The van der Waals surface area contributed by atoms with E-state index >= 15 is 0 Å². The van der Waals surface area contributed by atoms with Crippen molar-refractivity contribution in [1.29, 1.82) is 0 Å². The van der Waals surface area contributed by atoms with E-state index in [4.69, 9.17) is 16.6 Å². The fraction of sp³-hybridized carbons (Fsp3) is 0.909. The molecular formula is C11H25N3O2. The molecule has 5 heteroatoms. The molecule has 5 N–H and O–H groups in total. The second-order valence-electron chi connectivity index (χ2n) is 5.75. The lowest BCUT2D eigenvalue weighted by molar-refractivity contribution is 0.138. The molecule has 0 aliphatic rings. The molecule has 0 aliphatic carbocycles. The highest BCUT2D eigenvalue weighted by Crippen LogP contribution is 2.09. The monoisotopic (exact) mass is 231 g/mol. The lowest BCUT2D eigenvalue weighted by Gasteiger charge is -2.27. The van der Waals surface area contributed by atoms with E-state index in [-0.39, 0.29) is 11.1 Å². The molecule has 16 heavy (non-hydrogen) atoms. The molecule has 0 heterocycles. The minimum atomic E-state index is -0.909. The van der Waals surface area contributed by atoms with E-state index in [0.29, 0.717) is 25.9 Å². The van der Waals surface area contributed by atoms with Crippen LogP contribution in [0.5, 0.6) is 0 Å². The second kappa shape index (κ2) is 5.50. The van der Waals surface area contributed by atoms with E-state index in [1.54, 1.807) is 0 Å². The maximum Gasteiger partial charge on any atom is 0.407 e. The van der Waals surface area contributed by atoms with Gasteiger partial charge in [0.2, 0.25) is 0 Å². The van der Waals surface area contributed by atoms with Gasteiger partial charge in [-0.15, -0.1) is 0 Å². The van der Waals surface area contributed by atoms with Gasteiger partial charge in [0.05, 0.1) is 0 Å². The van der Waals surface area contributed by atoms with Crippen molar-refractivity contribution in [2.24, 2.45) is 11.5 Å². The summed E-state index contributed by atoms with van der Waals surface area (Å²) in [6.07, 6.45) is 0.378. The predicted molar refractivity (Wildman–Crippen MR) is 65.4 cm³/mol. The summed E-state index contributed by atoms with van der Waals surface area (Å²) in [5.41, 5.74) is 11.0. The molecule has 0 spiro atoms. The number of carboxylic acid groups (broad SMARTS) is 1. The van der Waals surface area contributed by atoms with Gasteiger partial charge in [0.15, 0.2) is 0 Å². The van der Waals surface area contributed by atoms with Crippen molar-refractivity contribution < 1.29 is 9.90 Å². The largest absolute Gasteiger partial charge is 0.465 e. The molecule has 5 nitrogen and oxygen atoms in total. The molecule has 0 unspecified atom stereocenters. The standard InChI is InChI=1S/C11H25N3O2/c1-10(2,12)5-7-14(9(15)16)8-6-11(3,4)13/h5-8,12-13H2,1-4H3,(H,15,16). The van der Waals surface area contributed by atoms with E-state index in [9.17, 15) is 4.79 Å². The molecule has 96 valence electrons. The summed E-state index contributed by atoms with van der Waals surface area (Å²) in [4.78, 5) is 12.4. The maximum atomic E-state index is 11.0. The number of carbonyl (C=O) groups is 1. The zero-order valence-electron chi connectivity index (χ0n) is 10.8. The fourth-order valence-electron chi connectivity index (χ4n) is 1.15. The molecule has 0 aliphatic heterocycles. The summed E-state index contributed by atoms with van der Waals surface area (Å²) in [5, 5.41) is 9.01. The van der Waals surface area contributed by atoms with Crippen molar-refractivity contribution >= 4 is 6.09 Å². The number of hydrogen-bond donors (Lipinski definition) is 3. The van der Waals surface area contributed by atoms with Gasteiger partial charge in [0, 0.05) is 24.2 Å². The Kier molecular flexibility index (Phi) is 5.22. The van der Waals surface area contributed by atoms with Crippen LogP contribution in [-0.4, -0.2) is 40.3 Å². The Morgan fingerprint density at radius 2 is 1.38 bits per heavy atom. The van der Waals surface area contributed by atoms with Gasteiger partial charge in [0.1, 0.15) is 0 Å². The second-order valence-corrected chi connectivity index (χ2v) is 5.75. The third kappa shape index (κ3) is 8.49. The van der Waals surface area contributed by atoms with Gasteiger partial charge in [0.25, 0.3) is 0 Å².